The first-order valence-corrected chi connectivity index (χ1v) is 9.47. The number of benzene rings is 2. The fraction of sp³-hybridized carbons (Fsp3) is 0.227. The van der Waals surface area contributed by atoms with E-state index in [-0.39, 0.29) is 0 Å². The number of nitrogens with zero attached hydrogens (tertiary/aromatic N) is 2. The average Bonchev–Trinajstić information content (AvgIpc) is 3.28. The molecule has 0 bridgehead atoms. The molecule has 1 aliphatic carbocycles. The van der Waals surface area contributed by atoms with Crippen LogP contribution in [0.1, 0.15) is 22.8 Å². The molecule has 0 atom stereocenters. The molecule has 0 fully saturated rings. The number of anilines is 2. The summed E-state index contributed by atoms with van der Waals surface area (Å²) in [4.78, 5) is 24.0. The Hall–Kier alpha value is -3.88. The van der Waals surface area contributed by atoms with Crippen molar-refractivity contribution < 1.29 is 28.2 Å². The lowest BCUT2D eigenvalue weighted by Gasteiger charge is -2.12. The number of methoxy groups -OCH3 is 2. The molecule has 1 heterocycles. The van der Waals surface area contributed by atoms with Crippen LogP contribution >= 0.6 is 0 Å². The maximum atomic E-state index is 13.6. The molecule has 160 valence electrons. The monoisotopic (exact) mass is 425 g/mol. The Balaban J connectivity index is 1.81. The van der Waals surface area contributed by atoms with Crippen molar-refractivity contribution in [1.82, 2.24) is 9.78 Å². The summed E-state index contributed by atoms with van der Waals surface area (Å²) in [7, 11) is 3.08. The summed E-state index contributed by atoms with van der Waals surface area (Å²) in [5, 5.41) is 7.48. The zero-order valence-electron chi connectivity index (χ0n) is 17.2. The zero-order chi connectivity index (χ0) is 22.1. The number of aromatic nitrogens is 2. The van der Waals surface area contributed by atoms with Crippen molar-refractivity contribution in [3.8, 4) is 22.8 Å². The van der Waals surface area contributed by atoms with Gasteiger partial charge in [0.15, 0.2) is 23.9 Å². The van der Waals surface area contributed by atoms with Gasteiger partial charge in [-0.25, -0.2) is 4.39 Å². The van der Waals surface area contributed by atoms with Gasteiger partial charge in [0, 0.05) is 30.2 Å². The van der Waals surface area contributed by atoms with Crippen LogP contribution in [0.15, 0.2) is 36.4 Å². The minimum atomic E-state index is -0.568. The van der Waals surface area contributed by atoms with Crippen molar-refractivity contribution in [3.63, 3.8) is 0 Å². The second kappa shape index (κ2) is 8.10. The standard InChI is InChI=1S/C22H20FN3O5/c1-12(27)31-11-20(28)26-21-16-10-19(30-3)18(29-2)8-13(16)7-17(21)22(25-26)24-15-6-4-5-14(23)9-15/h4-6,8-10H,7,11H2,1-3H3,(H,24,25). The molecule has 3 aromatic rings. The van der Waals surface area contributed by atoms with E-state index < -0.39 is 24.3 Å². The summed E-state index contributed by atoms with van der Waals surface area (Å²) in [5.74, 6) is 0.00448. The van der Waals surface area contributed by atoms with Crippen LogP contribution in [0.2, 0.25) is 0 Å². The molecule has 0 saturated heterocycles. The summed E-state index contributed by atoms with van der Waals surface area (Å²) in [6.07, 6.45) is 0.476. The average molecular weight is 425 g/mol. The summed E-state index contributed by atoms with van der Waals surface area (Å²) in [6.45, 7) is 0.773. The highest BCUT2D eigenvalue weighted by molar-refractivity contribution is 5.91. The van der Waals surface area contributed by atoms with Crippen LogP contribution in [0.4, 0.5) is 15.9 Å². The number of esters is 1. The molecule has 1 aliphatic rings. The van der Waals surface area contributed by atoms with Crippen LogP contribution in [0.25, 0.3) is 11.3 Å². The van der Waals surface area contributed by atoms with E-state index in [1.54, 1.807) is 25.3 Å². The van der Waals surface area contributed by atoms with E-state index in [0.29, 0.717) is 35.1 Å². The predicted octanol–water partition coefficient (Wildman–Crippen LogP) is 3.56. The first-order chi connectivity index (χ1) is 14.9. The third kappa shape index (κ3) is 3.81. The van der Waals surface area contributed by atoms with Crippen molar-refractivity contribution in [2.45, 2.75) is 13.3 Å². The normalized spacial score (nSPS) is 11.5. The SMILES string of the molecule is COc1cc2c(cc1OC)-c1c(c(Nc3cccc(F)c3)nn1C(=O)COC(C)=O)C2. The molecule has 8 nitrogen and oxygen atoms in total. The van der Waals surface area contributed by atoms with E-state index in [2.05, 4.69) is 10.4 Å². The van der Waals surface area contributed by atoms with E-state index in [4.69, 9.17) is 14.2 Å². The molecular formula is C22H20FN3O5. The van der Waals surface area contributed by atoms with Crippen LogP contribution in [-0.2, 0) is 16.0 Å². The Morgan fingerprint density at radius 2 is 1.90 bits per heavy atom. The van der Waals surface area contributed by atoms with Crippen molar-refractivity contribution in [2.24, 2.45) is 0 Å². The van der Waals surface area contributed by atoms with Gasteiger partial charge in [0.1, 0.15) is 5.82 Å². The summed E-state index contributed by atoms with van der Waals surface area (Å²) in [6, 6.07) is 9.57. The Bertz CT molecular complexity index is 1190. The van der Waals surface area contributed by atoms with Gasteiger partial charge in [-0.05, 0) is 35.9 Å². The molecule has 31 heavy (non-hydrogen) atoms. The Morgan fingerprint density at radius 3 is 2.58 bits per heavy atom. The zero-order valence-corrected chi connectivity index (χ0v) is 17.2. The van der Waals surface area contributed by atoms with Crippen LogP contribution in [0, 0.1) is 5.82 Å². The molecule has 1 N–H and O–H groups in total. The first kappa shape index (κ1) is 20.4. The fourth-order valence-corrected chi connectivity index (χ4v) is 3.58. The van der Waals surface area contributed by atoms with Gasteiger partial charge in [0.25, 0.3) is 5.91 Å². The minimum Gasteiger partial charge on any atom is -0.493 e. The van der Waals surface area contributed by atoms with Crippen LogP contribution in [-0.4, -0.2) is 42.5 Å². The number of halogens is 1. The van der Waals surface area contributed by atoms with Gasteiger partial charge in [0.2, 0.25) is 0 Å². The van der Waals surface area contributed by atoms with E-state index >= 15 is 0 Å². The molecular weight excluding hydrogens is 405 g/mol. The molecule has 9 heteroatoms. The van der Waals surface area contributed by atoms with E-state index in [1.165, 1.54) is 30.8 Å². The van der Waals surface area contributed by atoms with E-state index in [0.717, 1.165) is 16.7 Å². The maximum absolute atomic E-state index is 13.6. The molecule has 0 saturated carbocycles. The van der Waals surface area contributed by atoms with Crippen LogP contribution in [0.5, 0.6) is 11.5 Å². The highest BCUT2D eigenvalue weighted by Crippen LogP contribution is 2.45. The quantitative estimate of drug-likeness (QED) is 0.472. The highest BCUT2D eigenvalue weighted by atomic mass is 19.1. The molecule has 0 unspecified atom stereocenters. The molecule has 0 radical (unpaired) electrons. The summed E-state index contributed by atoms with van der Waals surface area (Å²) >= 11 is 0. The number of hydrogen-bond donors (Lipinski definition) is 1. The smallest absolute Gasteiger partial charge is 0.303 e. The van der Waals surface area contributed by atoms with Crippen molar-refractivity contribution in [2.75, 3.05) is 26.1 Å². The maximum Gasteiger partial charge on any atom is 0.303 e. The third-order valence-electron chi connectivity index (χ3n) is 4.94. The molecule has 4 rings (SSSR count). The second-order valence-electron chi connectivity index (χ2n) is 6.94. The van der Waals surface area contributed by atoms with Gasteiger partial charge < -0.3 is 19.5 Å². The molecule has 0 spiro atoms. The number of ether oxygens (including phenoxy) is 3. The van der Waals surface area contributed by atoms with Crippen LogP contribution < -0.4 is 14.8 Å². The van der Waals surface area contributed by atoms with Gasteiger partial charge in [-0.2, -0.15) is 4.68 Å². The van der Waals surface area contributed by atoms with Crippen molar-refractivity contribution in [1.29, 1.82) is 0 Å². The van der Waals surface area contributed by atoms with Gasteiger partial charge in [-0.1, -0.05) is 6.07 Å². The Morgan fingerprint density at radius 1 is 1.16 bits per heavy atom. The van der Waals surface area contributed by atoms with E-state index in [1.807, 2.05) is 6.07 Å². The minimum absolute atomic E-state index is 0.398. The van der Waals surface area contributed by atoms with Crippen molar-refractivity contribution >= 4 is 23.4 Å². The Kier molecular flexibility index (Phi) is 5.33. The van der Waals surface area contributed by atoms with Crippen molar-refractivity contribution in [3.05, 3.63) is 53.3 Å². The van der Waals surface area contributed by atoms with Gasteiger partial charge in [-0.3, -0.25) is 9.59 Å². The van der Waals surface area contributed by atoms with Gasteiger partial charge >= 0.3 is 5.97 Å². The third-order valence-corrected chi connectivity index (χ3v) is 4.94. The number of fused-ring (bicyclic) bond motifs is 3. The summed E-state index contributed by atoms with van der Waals surface area (Å²) < 4.78 is 30.5. The topological polar surface area (TPSA) is 91.7 Å². The predicted molar refractivity (Wildman–Crippen MR) is 111 cm³/mol. The lowest BCUT2D eigenvalue weighted by molar-refractivity contribution is -0.139. The summed E-state index contributed by atoms with van der Waals surface area (Å²) in [5.41, 5.74) is 3.48. The number of hydrogen-bond acceptors (Lipinski definition) is 7. The molecule has 0 amide bonds. The number of nitrogens with one attached hydrogen (secondary N) is 1. The first-order valence-electron chi connectivity index (χ1n) is 9.47. The molecule has 0 aliphatic heterocycles. The number of rotatable bonds is 6. The molecule has 1 aromatic heterocycles. The lowest BCUT2D eigenvalue weighted by Crippen LogP contribution is -2.21. The van der Waals surface area contributed by atoms with Crippen LogP contribution in [0.3, 0.4) is 0 Å². The Labute approximate surface area is 177 Å². The van der Waals surface area contributed by atoms with Gasteiger partial charge in [-0.15, -0.1) is 5.10 Å². The fourth-order valence-electron chi connectivity index (χ4n) is 3.58. The molecule has 2 aromatic carbocycles. The largest absolute Gasteiger partial charge is 0.493 e. The second-order valence-corrected chi connectivity index (χ2v) is 6.94. The number of carbonyl (C=O) groups is 2. The van der Waals surface area contributed by atoms with E-state index in [9.17, 15) is 14.0 Å². The highest BCUT2D eigenvalue weighted by Gasteiger charge is 2.32. The number of carbonyl (C=O) groups excluding carboxylic acids is 2. The van der Waals surface area contributed by atoms with Gasteiger partial charge in [0.05, 0.1) is 19.9 Å². The lowest BCUT2D eigenvalue weighted by atomic mass is 10.1.